The van der Waals surface area contributed by atoms with Crippen molar-refractivity contribution in [1.82, 2.24) is 4.31 Å². The lowest BCUT2D eigenvalue weighted by molar-refractivity contribution is 0.133. The summed E-state index contributed by atoms with van der Waals surface area (Å²) in [6, 6.07) is 8.58. The molecule has 1 heterocycles. The van der Waals surface area contributed by atoms with Crippen molar-refractivity contribution in [2.75, 3.05) is 12.9 Å². The molecule has 16 heavy (non-hydrogen) atoms. The van der Waals surface area contributed by atoms with E-state index in [9.17, 15) is 13.2 Å². The van der Waals surface area contributed by atoms with Gasteiger partial charge in [-0.15, -0.1) is 0 Å². The van der Waals surface area contributed by atoms with E-state index in [-0.39, 0.29) is 5.75 Å². The minimum absolute atomic E-state index is 0.0495. The average molecular weight is 241 g/mol. The molecular formula is C10H11NO4S. The van der Waals surface area contributed by atoms with Crippen molar-refractivity contribution in [2.24, 2.45) is 0 Å². The van der Waals surface area contributed by atoms with Gasteiger partial charge < -0.3 is 4.74 Å². The van der Waals surface area contributed by atoms with Crippen LogP contribution in [0.5, 0.6) is 0 Å². The minimum Gasteiger partial charge on any atom is -0.452 e. The van der Waals surface area contributed by atoms with Crippen LogP contribution in [0, 0.1) is 0 Å². The highest BCUT2D eigenvalue weighted by Crippen LogP contribution is 2.35. The molecule has 0 aromatic heterocycles. The molecule has 86 valence electrons. The quantitative estimate of drug-likeness (QED) is 0.739. The standard InChI is InChI=1S/C10H11NO4S/c1-15-10(12)11-9(7-16(11,13)14)8-5-3-2-4-6-8/h2-6,9H,7H2,1H3/t9-/m1/s1. The van der Waals surface area contributed by atoms with Gasteiger partial charge in [0.05, 0.1) is 18.9 Å². The molecule has 1 aliphatic heterocycles. The lowest BCUT2D eigenvalue weighted by atomic mass is 10.1. The number of rotatable bonds is 1. The van der Waals surface area contributed by atoms with E-state index in [1.165, 1.54) is 0 Å². The summed E-state index contributed by atoms with van der Waals surface area (Å²) in [5, 5.41) is 0. The highest BCUT2D eigenvalue weighted by molar-refractivity contribution is 7.90. The SMILES string of the molecule is COC(=O)N1[C@@H](c2ccccc2)CS1(=O)=O. The van der Waals surface area contributed by atoms with Gasteiger partial charge in [0.25, 0.3) is 0 Å². The van der Waals surface area contributed by atoms with Crippen LogP contribution in [0.2, 0.25) is 0 Å². The summed E-state index contributed by atoms with van der Waals surface area (Å²) >= 11 is 0. The molecule has 1 saturated heterocycles. The first-order valence-corrected chi connectivity index (χ1v) is 6.32. The summed E-state index contributed by atoms with van der Waals surface area (Å²) in [5.74, 6) is -0.0495. The van der Waals surface area contributed by atoms with Crippen molar-refractivity contribution < 1.29 is 17.9 Å². The van der Waals surface area contributed by atoms with Crippen LogP contribution in [0.15, 0.2) is 30.3 Å². The molecule has 0 aliphatic carbocycles. The van der Waals surface area contributed by atoms with Crippen LogP contribution in [-0.4, -0.2) is 31.7 Å². The summed E-state index contributed by atoms with van der Waals surface area (Å²) in [6.45, 7) is 0. The van der Waals surface area contributed by atoms with E-state index in [2.05, 4.69) is 4.74 Å². The van der Waals surface area contributed by atoms with E-state index in [1.54, 1.807) is 24.3 Å². The molecule has 1 amide bonds. The van der Waals surface area contributed by atoms with Crippen molar-refractivity contribution >= 4 is 16.1 Å². The number of nitrogens with zero attached hydrogens (tertiary/aromatic N) is 1. The molecule has 5 nitrogen and oxygen atoms in total. The Morgan fingerprint density at radius 3 is 2.50 bits per heavy atom. The Kier molecular flexibility index (Phi) is 2.59. The van der Waals surface area contributed by atoms with E-state index < -0.39 is 22.2 Å². The lowest BCUT2D eigenvalue weighted by Gasteiger charge is -2.38. The van der Waals surface area contributed by atoms with Crippen LogP contribution in [0.1, 0.15) is 11.6 Å². The Balaban J connectivity index is 2.30. The zero-order valence-corrected chi connectivity index (χ0v) is 9.48. The predicted molar refractivity (Wildman–Crippen MR) is 57.2 cm³/mol. The predicted octanol–water partition coefficient (Wildman–Crippen LogP) is 1.14. The number of hydrogen-bond donors (Lipinski definition) is 0. The Labute approximate surface area is 93.7 Å². The molecule has 0 bridgehead atoms. The van der Waals surface area contributed by atoms with Gasteiger partial charge in [-0.2, -0.15) is 4.31 Å². The third-order valence-corrected chi connectivity index (χ3v) is 4.23. The van der Waals surface area contributed by atoms with E-state index >= 15 is 0 Å². The van der Waals surface area contributed by atoms with Crippen molar-refractivity contribution in [3.8, 4) is 0 Å². The molecule has 1 aromatic rings. The van der Waals surface area contributed by atoms with Crippen molar-refractivity contribution in [3.63, 3.8) is 0 Å². The number of carbonyl (C=O) groups is 1. The van der Waals surface area contributed by atoms with Crippen molar-refractivity contribution in [1.29, 1.82) is 0 Å². The number of carbonyl (C=O) groups excluding carboxylic acids is 1. The first-order chi connectivity index (χ1) is 7.56. The van der Waals surface area contributed by atoms with Gasteiger partial charge in [-0.1, -0.05) is 30.3 Å². The Bertz CT molecular complexity index is 497. The second-order valence-corrected chi connectivity index (χ2v) is 5.36. The highest BCUT2D eigenvalue weighted by atomic mass is 32.2. The van der Waals surface area contributed by atoms with Crippen LogP contribution in [0.25, 0.3) is 0 Å². The molecule has 1 aliphatic rings. The third-order valence-electron chi connectivity index (χ3n) is 2.49. The monoisotopic (exact) mass is 241 g/mol. The van der Waals surface area contributed by atoms with Crippen LogP contribution < -0.4 is 0 Å². The summed E-state index contributed by atoms with van der Waals surface area (Å²) in [4.78, 5) is 11.3. The van der Waals surface area contributed by atoms with Gasteiger partial charge in [0.2, 0.25) is 10.0 Å². The van der Waals surface area contributed by atoms with Crippen LogP contribution >= 0.6 is 0 Å². The highest BCUT2D eigenvalue weighted by Gasteiger charge is 2.48. The van der Waals surface area contributed by atoms with E-state index in [4.69, 9.17) is 0 Å². The van der Waals surface area contributed by atoms with Gasteiger partial charge in [-0.05, 0) is 5.56 Å². The molecule has 1 atom stereocenters. The van der Waals surface area contributed by atoms with E-state index in [1.807, 2.05) is 6.07 Å². The van der Waals surface area contributed by atoms with Crippen molar-refractivity contribution in [2.45, 2.75) is 6.04 Å². The topological polar surface area (TPSA) is 63.7 Å². The van der Waals surface area contributed by atoms with Gasteiger partial charge >= 0.3 is 6.09 Å². The molecule has 1 aromatic carbocycles. The van der Waals surface area contributed by atoms with Crippen LogP contribution in [0.4, 0.5) is 4.79 Å². The maximum Gasteiger partial charge on any atom is 0.423 e. The summed E-state index contributed by atoms with van der Waals surface area (Å²) in [7, 11) is -2.31. The molecule has 0 unspecified atom stereocenters. The lowest BCUT2D eigenvalue weighted by Crippen LogP contribution is -2.53. The maximum absolute atomic E-state index is 11.4. The fraction of sp³-hybridized carbons (Fsp3) is 0.300. The normalized spacial score (nSPS) is 22.3. The fourth-order valence-electron chi connectivity index (χ4n) is 1.69. The third kappa shape index (κ3) is 1.65. The second kappa shape index (κ2) is 3.79. The number of amides is 1. The van der Waals surface area contributed by atoms with Crippen LogP contribution in [0.3, 0.4) is 0 Å². The number of ether oxygens (including phenoxy) is 1. The maximum atomic E-state index is 11.4. The zero-order valence-electron chi connectivity index (χ0n) is 8.66. The number of benzene rings is 1. The summed E-state index contributed by atoms with van der Waals surface area (Å²) in [6.07, 6.45) is -0.833. The van der Waals surface area contributed by atoms with Gasteiger partial charge in [-0.25, -0.2) is 13.2 Å². The summed E-state index contributed by atoms with van der Waals surface area (Å²) < 4.78 is 28.1. The molecule has 6 heteroatoms. The largest absolute Gasteiger partial charge is 0.452 e. The first kappa shape index (κ1) is 10.9. The molecule has 0 radical (unpaired) electrons. The Morgan fingerprint density at radius 2 is 2.00 bits per heavy atom. The molecule has 2 rings (SSSR count). The average Bonchev–Trinajstić information content (AvgIpc) is 2.27. The van der Waals surface area contributed by atoms with Gasteiger partial charge in [-0.3, -0.25) is 0 Å². The van der Waals surface area contributed by atoms with Gasteiger partial charge in [0.1, 0.15) is 0 Å². The van der Waals surface area contributed by atoms with E-state index in [0.29, 0.717) is 0 Å². The number of sulfonamides is 1. The Morgan fingerprint density at radius 1 is 1.38 bits per heavy atom. The minimum atomic E-state index is -3.47. The smallest absolute Gasteiger partial charge is 0.423 e. The zero-order chi connectivity index (χ0) is 11.8. The molecule has 1 fully saturated rings. The Hall–Kier alpha value is -1.56. The van der Waals surface area contributed by atoms with Gasteiger partial charge in [0, 0.05) is 0 Å². The van der Waals surface area contributed by atoms with Crippen LogP contribution in [-0.2, 0) is 14.8 Å². The molecule has 0 spiro atoms. The molecule has 0 N–H and O–H groups in total. The fourth-order valence-corrected chi connectivity index (χ4v) is 3.22. The summed E-state index contributed by atoms with van der Waals surface area (Å²) in [5.41, 5.74) is 0.794. The van der Waals surface area contributed by atoms with Crippen molar-refractivity contribution in [3.05, 3.63) is 35.9 Å². The second-order valence-electron chi connectivity index (χ2n) is 3.47. The number of hydrogen-bond acceptors (Lipinski definition) is 4. The molecule has 0 saturated carbocycles. The van der Waals surface area contributed by atoms with E-state index in [0.717, 1.165) is 17.0 Å². The molecular weight excluding hydrogens is 230 g/mol. The first-order valence-electron chi connectivity index (χ1n) is 4.71. The van der Waals surface area contributed by atoms with Gasteiger partial charge in [0.15, 0.2) is 0 Å². The number of methoxy groups -OCH3 is 1.